The Hall–Kier alpha value is -2.14. The number of rotatable bonds is 5. The van der Waals surface area contributed by atoms with Gasteiger partial charge in [0.25, 0.3) is 5.91 Å². The monoisotopic (exact) mass is 327 g/mol. The molecule has 1 aromatic heterocycles. The lowest BCUT2D eigenvalue weighted by molar-refractivity contribution is -0.134. The smallest absolute Gasteiger partial charge is 0.254 e. The van der Waals surface area contributed by atoms with Gasteiger partial charge in [0.05, 0.1) is 11.7 Å². The largest absolute Gasteiger partial charge is 0.367 e. The fourth-order valence-electron chi connectivity index (χ4n) is 3.67. The van der Waals surface area contributed by atoms with Crippen molar-refractivity contribution in [2.75, 3.05) is 7.11 Å². The molecule has 0 radical (unpaired) electrons. The molecule has 1 amide bonds. The van der Waals surface area contributed by atoms with Gasteiger partial charge >= 0.3 is 0 Å². The number of methoxy groups -OCH3 is 1. The predicted octanol–water partition coefficient (Wildman–Crippen LogP) is 3.08. The summed E-state index contributed by atoms with van der Waals surface area (Å²) in [5.74, 6) is -0.101. The van der Waals surface area contributed by atoms with Crippen molar-refractivity contribution >= 4 is 5.91 Å². The standard InChI is InChI=1S/C19H25N3O2/c1-22-14-15(13-20-22)17(24-2)18(23)21-19(11-7-4-8-12-19)16-9-5-3-6-10-16/h3,5-6,9-10,13-14,17H,4,7-8,11-12H2,1-2H3,(H,21,23). The summed E-state index contributed by atoms with van der Waals surface area (Å²) in [5.41, 5.74) is 1.66. The molecule has 5 nitrogen and oxygen atoms in total. The molecule has 0 aliphatic heterocycles. The Balaban J connectivity index is 1.85. The van der Waals surface area contributed by atoms with Crippen LogP contribution in [0.5, 0.6) is 0 Å². The van der Waals surface area contributed by atoms with Crippen molar-refractivity contribution in [3.8, 4) is 0 Å². The average Bonchev–Trinajstić information content (AvgIpc) is 3.03. The normalized spacial score (nSPS) is 18.1. The van der Waals surface area contributed by atoms with Crippen molar-refractivity contribution in [2.24, 2.45) is 7.05 Å². The minimum Gasteiger partial charge on any atom is -0.367 e. The van der Waals surface area contributed by atoms with E-state index in [1.165, 1.54) is 12.0 Å². The zero-order valence-corrected chi connectivity index (χ0v) is 14.4. The molecule has 1 aliphatic rings. The van der Waals surface area contributed by atoms with Crippen LogP contribution in [0.15, 0.2) is 42.7 Å². The molecule has 0 saturated heterocycles. The molecule has 3 rings (SSSR count). The molecule has 0 bridgehead atoms. The molecule has 1 saturated carbocycles. The van der Waals surface area contributed by atoms with E-state index >= 15 is 0 Å². The summed E-state index contributed by atoms with van der Waals surface area (Å²) in [4.78, 5) is 13.0. The van der Waals surface area contributed by atoms with Crippen molar-refractivity contribution in [3.63, 3.8) is 0 Å². The summed E-state index contributed by atoms with van der Waals surface area (Å²) in [6.45, 7) is 0. The Morgan fingerprint density at radius 1 is 1.25 bits per heavy atom. The van der Waals surface area contributed by atoms with Crippen LogP contribution in [0, 0.1) is 0 Å². The first-order valence-electron chi connectivity index (χ1n) is 8.53. The van der Waals surface area contributed by atoms with E-state index in [1.54, 1.807) is 18.0 Å². The average molecular weight is 327 g/mol. The van der Waals surface area contributed by atoms with Crippen LogP contribution in [0.3, 0.4) is 0 Å². The second kappa shape index (κ2) is 7.18. The Labute approximate surface area is 143 Å². The molecule has 1 unspecified atom stereocenters. The first-order chi connectivity index (χ1) is 11.6. The van der Waals surface area contributed by atoms with Crippen molar-refractivity contribution in [3.05, 3.63) is 53.9 Å². The van der Waals surface area contributed by atoms with Gasteiger partial charge in [-0.25, -0.2) is 0 Å². The van der Waals surface area contributed by atoms with Crippen LogP contribution in [-0.2, 0) is 22.1 Å². The predicted molar refractivity (Wildman–Crippen MR) is 92.3 cm³/mol. The fraction of sp³-hybridized carbons (Fsp3) is 0.474. The third-order valence-corrected chi connectivity index (χ3v) is 4.90. The number of amides is 1. The van der Waals surface area contributed by atoms with Gasteiger partial charge in [0.15, 0.2) is 6.10 Å². The molecule has 2 aromatic rings. The number of benzene rings is 1. The van der Waals surface area contributed by atoms with E-state index in [0.717, 1.165) is 31.2 Å². The van der Waals surface area contributed by atoms with Crippen LogP contribution in [0.2, 0.25) is 0 Å². The maximum atomic E-state index is 13.0. The van der Waals surface area contributed by atoms with Crippen molar-refractivity contribution in [2.45, 2.75) is 43.7 Å². The summed E-state index contributed by atoms with van der Waals surface area (Å²) in [7, 11) is 3.40. The van der Waals surface area contributed by atoms with Gasteiger partial charge < -0.3 is 10.1 Å². The molecule has 24 heavy (non-hydrogen) atoms. The molecule has 1 aliphatic carbocycles. The fourth-order valence-corrected chi connectivity index (χ4v) is 3.67. The third kappa shape index (κ3) is 3.36. The third-order valence-electron chi connectivity index (χ3n) is 4.90. The number of carbonyl (C=O) groups excluding carboxylic acids is 1. The summed E-state index contributed by atoms with van der Waals surface area (Å²) < 4.78 is 7.15. The van der Waals surface area contributed by atoms with Gasteiger partial charge in [-0.2, -0.15) is 5.10 Å². The zero-order chi connectivity index (χ0) is 17.0. The topological polar surface area (TPSA) is 56.1 Å². The van der Waals surface area contributed by atoms with Gasteiger partial charge in [0.2, 0.25) is 0 Å². The summed E-state index contributed by atoms with van der Waals surface area (Å²) in [6, 6.07) is 10.3. The highest BCUT2D eigenvalue weighted by atomic mass is 16.5. The van der Waals surface area contributed by atoms with Gasteiger partial charge in [-0.05, 0) is 18.4 Å². The number of nitrogens with zero attached hydrogens (tertiary/aromatic N) is 2. The first-order valence-corrected chi connectivity index (χ1v) is 8.53. The van der Waals surface area contributed by atoms with Crippen LogP contribution < -0.4 is 5.32 Å². The number of carbonyl (C=O) groups is 1. The molecule has 5 heteroatoms. The molecule has 1 fully saturated rings. The SMILES string of the molecule is COC(C(=O)NC1(c2ccccc2)CCCCC1)c1cnn(C)c1. The molecule has 0 spiro atoms. The number of aromatic nitrogens is 2. The van der Waals surface area contributed by atoms with Gasteiger partial charge in [-0.15, -0.1) is 0 Å². The van der Waals surface area contributed by atoms with Gasteiger partial charge in [0, 0.05) is 25.9 Å². The van der Waals surface area contributed by atoms with Crippen molar-refractivity contribution < 1.29 is 9.53 Å². The molecule has 128 valence electrons. The van der Waals surface area contributed by atoms with E-state index in [4.69, 9.17) is 4.74 Å². The van der Waals surface area contributed by atoms with Crippen LogP contribution in [0.1, 0.15) is 49.3 Å². The summed E-state index contributed by atoms with van der Waals surface area (Å²) >= 11 is 0. The highest BCUT2D eigenvalue weighted by Gasteiger charge is 2.37. The number of hydrogen-bond donors (Lipinski definition) is 1. The number of nitrogens with one attached hydrogen (secondary N) is 1. The Bertz CT molecular complexity index is 675. The lowest BCUT2D eigenvalue weighted by Gasteiger charge is -2.39. The molecule has 1 atom stereocenters. The minimum atomic E-state index is -0.638. The highest BCUT2D eigenvalue weighted by molar-refractivity contribution is 5.83. The second-order valence-corrected chi connectivity index (χ2v) is 6.56. The Kier molecular flexibility index (Phi) is 5.00. The number of aryl methyl sites for hydroxylation is 1. The maximum Gasteiger partial charge on any atom is 0.254 e. The van der Waals surface area contributed by atoms with E-state index in [1.807, 2.05) is 31.4 Å². The van der Waals surface area contributed by atoms with Crippen molar-refractivity contribution in [1.82, 2.24) is 15.1 Å². The second-order valence-electron chi connectivity index (χ2n) is 6.56. The molecule has 1 heterocycles. The van der Waals surface area contributed by atoms with E-state index in [0.29, 0.717) is 0 Å². The van der Waals surface area contributed by atoms with Gasteiger partial charge in [-0.3, -0.25) is 9.48 Å². The van der Waals surface area contributed by atoms with E-state index < -0.39 is 6.10 Å². The van der Waals surface area contributed by atoms with E-state index in [9.17, 15) is 4.79 Å². The molecule has 1 aromatic carbocycles. The first kappa shape index (κ1) is 16.7. The van der Waals surface area contributed by atoms with E-state index in [-0.39, 0.29) is 11.4 Å². The number of hydrogen-bond acceptors (Lipinski definition) is 3. The van der Waals surface area contributed by atoms with E-state index in [2.05, 4.69) is 22.5 Å². The molecular formula is C19H25N3O2. The minimum absolute atomic E-state index is 0.101. The van der Waals surface area contributed by atoms with Crippen molar-refractivity contribution in [1.29, 1.82) is 0 Å². The Morgan fingerprint density at radius 2 is 1.96 bits per heavy atom. The van der Waals surface area contributed by atoms with Crippen LogP contribution in [0.25, 0.3) is 0 Å². The quantitative estimate of drug-likeness (QED) is 0.918. The maximum absolute atomic E-state index is 13.0. The van der Waals surface area contributed by atoms with Gasteiger partial charge in [0.1, 0.15) is 0 Å². The van der Waals surface area contributed by atoms with Crippen LogP contribution in [-0.4, -0.2) is 22.8 Å². The summed E-state index contributed by atoms with van der Waals surface area (Å²) in [5, 5.41) is 7.45. The van der Waals surface area contributed by atoms with Crippen LogP contribution >= 0.6 is 0 Å². The van der Waals surface area contributed by atoms with Gasteiger partial charge in [-0.1, -0.05) is 49.6 Å². The summed E-state index contributed by atoms with van der Waals surface area (Å²) in [6.07, 6.45) is 8.27. The lowest BCUT2D eigenvalue weighted by Crippen LogP contribution is -2.49. The number of ether oxygens (including phenoxy) is 1. The Morgan fingerprint density at radius 3 is 2.54 bits per heavy atom. The lowest BCUT2D eigenvalue weighted by atomic mass is 9.76. The van der Waals surface area contributed by atoms with Crippen LogP contribution in [0.4, 0.5) is 0 Å². The zero-order valence-electron chi connectivity index (χ0n) is 14.4. The molecular weight excluding hydrogens is 302 g/mol. The molecule has 1 N–H and O–H groups in total. The highest BCUT2D eigenvalue weighted by Crippen LogP contribution is 2.37.